The number of aliphatic carboxylic acids is 1. The SMILES string of the molecule is CC(N)C(=O)[O-].CCn1cc[n+](C)c1. The van der Waals surface area contributed by atoms with Crippen molar-refractivity contribution in [2.75, 3.05) is 0 Å². The van der Waals surface area contributed by atoms with Crippen LogP contribution in [0.3, 0.4) is 0 Å². The molecule has 0 fully saturated rings. The maximum Gasteiger partial charge on any atom is 0.243 e. The highest BCUT2D eigenvalue weighted by Crippen LogP contribution is 1.79. The van der Waals surface area contributed by atoms with Gasteiger partial charge >= 0.3 is 0 Å². The minimum atomic E-state index is -1.21. The molecule has 1 aromatic heterocycles. The minimum Gasteiger partial charge on any atom is -0.548 e. The summed E-state index contributed by atoms with van der Waals surface area (Å²) >= 11 is 0. The molecule has 1 aromatic rings. The van der Waals surface area contributed by atoms with Gasteiger partial charge in [0.15, 0.2) is 0 Å². The minimum absolute atomic E-state index is 0.843. The van der Waals surface area contributed by atoms with Gasteiger partial charge in [0.2, 0.25) is 6.33 Å². The predicted octanol–water partition coefficient (Wildman–Crippen LogP) is -1.58. The fraction of sp³-hybridized carbons (Fsp3) is 0.556. The number of carboxylic acid groups (broad SMARTS) is 1. The summed E-state index contributed by atoms with van der Waals surface area (Å²) in [5.41, 5.74) is 4.77. The van der Waals surface area contributed by atoms with Crippen LogP contribution in [0.25, 0.3) is 0 Å². The molecule has 0 aliphatic heterocycles. The van der Waals surface area contributed by atoms with Crippen LogP contribution in [-0.4, -0.2) is 16.6 Å². The molecule has 5 heteroatoms. The summed E-state index contributed by atoms with van der Waals surface area (Å²) in [7, 11) is 2.02. The van der Waals surface area contributed by atoms with Crippen molar-refractivity contribution < 1.29 is 14.5 Å². The number of nitrogens with two attached hydrogens (primary N) is 1. The van der Waals surface area contributed by atoms with E-state index in [1.165, 1.54) is 6.92 Å². The molecule has 1 heterocycles. The van der Waals surface area contributed by atoms with E-state index in [9.17, 15) is 9.90 Å². The van der Waals surface area contributed by atoms with Gasteiger partial charge in [0.05, 0.1) is 19.6 Å². The summed E-state index contributed by atoms with van der Waals surface area (Å²) in [5.74, 6) is -1.21. The Kier molecular flexibility index (Phi) is 5.55. The molecule has 0 saturated heterocycles. The van der Waals surface area contributed by atoms with Gasteiger partial charge < -0.3 is 15.6 Å². The number of carbonyl (C=O) groups is 1. The zero-order valence-corrected chi connectivity index (χ0v) is 8.80. The van der Waals surface area contributed by atoms with Gasteiger partial charge in [-0.1, -0.05) is 0 Å². The van der Waals surface area contributed by atoms with Crippen LogP contribution < -0.4 is 15.4 Å². The van der Waals surface area contributed by atoms with Crippen LogP contribution >= 0.6 is 0 Å². The van der Waals surface area contributed by atoms with E-state index in [4.69, 9.17) is 5.73 Å². The zero-order valence-electron chi connectivity index (χ0n) is 8.80. The van der Waals surface area contributed by atoms with E-state index in [2.05, 4.69) is 24.0 Å². The van der Waals surface area contributed by atoms with Crippen LogP contribution in [0.2, 0.25) is 0 Å². The molecule has 0 radical (unpaired) electrons. The first-order valence-corrected chi connectivity index (χ1v) is 4.44. The van der Waals surface area contributed by atoms with Gasteiger partial charge in [0.1, 0.15) is 12.4 Å². The number of aryl methyl sites for hydroxylation is 2. The van der Waals surface area contributed by atoms with Gasteiger partial charge in [0.25, 0.3) is 0 Å². The van der Waals surface area contributed by atoms with Gasteiger partial charge in [-0.3, -0.25) is 0 Å². The molecule has 0 amide bonds. The second kappa shape index (κ2) is 6.15. The third-order valence-electron chi connectivity index (χ3n) is 1.56. The number of hydrogen-bond donors (Lipinski definition) is 1. The summed E-state index contributed by atoms with van der Waals surface area (Å²) in [6.45, 7) is 4.54. The Morgan fingerprint density at radius 1 is 1.71 bits per heavy atom. The summed E-state index contributed by atoms with van der Waals surface area (Å²) in [4.78, 5) is 9.46. The van der Waals surface area contributed by atoms with E-state index in [1.807, 2.05) is 17.8 Å². The third-order valence-corrected chi connectivity index (χ3v) is 1.56. The predicted molar refractivity (Wildman–Crippen MR) is 49.9 cm³/mol. The smallest absolute Gasteiger partial charge is 0.243 e. The monoisotopic (exact) mass is 199 g/mol. The highest BCUT2D eigenvalue weighted by Gasteiger charge is 1.92. The molecule has 0 spiro atoms. The molecule has 0 aromatic carbocycles. The van der Waals surface area contributed by atoms with Gasteiger partial charge in [-0.05, 0) is 13.8 Å². The molecular weight excluding hydrogens is 182 g/mol. The molecule has 1 unspecified atom stereocenters. The summed E-state index contributed by atoms with van der Waals surface area (Å²) in [6.07, 6.45) is 6.14. The molecule has 1 atom stereocenters. The van der Waals surface area contributed by atoms with Crippen LogP contribution in [0.1, 0.15) is 13.8 Å². The van der Waals surface area contributed by atoms with Crippen LogP contribution in [0.4, 0.5) is 0 Å². The van der Waals surface area contributed by atoms with Crippen molar-refractivity contribution in [2.24, 2.45) is 12.8 Å². The Labute approximate surface area is 83.8 Å². The van der Waals surface area contributed by atoms with Gasteiger partial charge in [-0.25, -0.2) is 9.13 Å². The zero-order chi connectivity index (χ0) is 11.1. The van der Waals surface area contributed by atoms with Crippen molar-refractivity contribution in [1.29, 1.82) is 0 Å². The largest absolute Gasteiger partial charge is 0.548 e. The first-order chi connectivity index (χ1) is 6.47. The highest BCUT2D eigenvalue weighted by molar-refractivity contribution is 5.70. The van der Waals surface area contributed by atoms with E-state index >= 15 is 0 Å². The maximum atomic E-state index is 9.46. The molecule has 0 bridgehead atoms. The number of hydrogen-bond acceptors (Lipinski definition) is 3. The second-order valence-electron chi connectivity index (χ2n) is 3.02. The third kappa shape index (κ3) is 5.31. The van der Waals surface area contributed by atoms with Gasteiger partial charge in [0, 0.05) is 6.04 Å². The first kappa shape index (κ1) is 12.6. The van der Waals surface area contributed by atoms with Crippen molar-refractivity contribution >= 4 is 5.97 Å². The molecule has 0 aliphatic carbocycles. The van der Waals surface area contributed by atoms with Gasteiger partial charge in [-0.2, -0.15) is 0 Å². The fourth-order valence-electron chi connectivity index (χ4n) is 0.689. The average molecular weight is 199 g/mol. The van der Waals surface area contributed by atoms with Gasteiger partial charge in [-0.15, -0.1) is 0 Å². The molecule has 80 valence electrons. The topological polar surface area (TPSA) is 75.0 Å². The van der Waals surface area contributed by atoms with Crippen molar-refractivity contribution in [3.63, 3.8) is 0 Å². The summed E-state index contributed by atoms with van der Waals surface area (Å²) < 4.78 is 4.16. The van der Waals surface area contributed by atoms with E-state index in [0.717, 1.165) is 6.54 Å². The van der Waals surface area contributed by atoms with E-state index in [-0.39, 0.29) is 0 Å². The van der Waals surface area contributed by atoms with E-state index in [1.54, 1.807) is 0 Å². The Hall–Kier alpha value is -1.36. The molecule has 0 saturated carbocycles. The first-order valence-electron chi connectivity index (χ1n) is 4.44. The number of carbonyl (C=O) groups excluding carboxylic acids is 1. The Morgan fingerprint density at radius 3 is 2.36 bits per heavy atom. The van der Waals surface area contributed by atoms with Crippen molar-refractivity contribution in [3.05, 3.63) is 18.7 Å². The van der Waals surface area contributed by atoms with E-state index < -0.39 is 12.0 Å². The van der Waals surface area contributed by atoms with Crippen LogP contribution in [0.15, 0.2) is 18.7 Å². The van der Waals surface area contributed by atoms with Crippen molar-refractivity contribution in [2.45, 2.75) is 26.4 Å². The average Bonchev–Trinajstić information content (AvgIpc) is 2.52. The molecule has 1 rings (SSSR count). The van der Waals surface area contributed by atoms with Crippen LogP contribution in [0, 0.1) is 0 Å². The highest BCUT2D eigenvalue weighted by atomic mass is 16.4. The summed E-state index contributed by atoms with van der Waals surface area (Å²) in [5, 5.41) is 9.46. The number of rotatable bonds is 2. The maximum absolute atomic E-state index is 9.46. The van der Waals surface area contributed by atoms with Crippen LogP contribution in [-0.2, 0) is 18.4 Å². The lowest BCUT2D eigenvalue weighted by atomic mass is 10.4. The lowest BCUT2D eigenvalue weighted by Gasteiger charge is -2.01. The molecule has 14 heavy (non-hydrogen) atoms. The Balaban J connectivity index is 0.000000255. The number of nitrogens with zero attached hydrogens (tertiary/aromatic N) is 2. The number of carboxylic acids is 1. The van der Waals surface area contributed by atoms with E-state index in [0.29, 0.717) is 0 Å². The normalized spacial score (nSPS) is 11.4. The Bertz CT molecular complexity index is 281. The fourth-order valence-corrected chi connectivity index (χ4v) is 0.689. The number of imidazole rings is 1. The standard InChI is InChI=1S/C6H11N2.C3H7NO2/c1-3-8-5-4-7(2)6-8;1-2(4)3(5)6/h4-6H,3H2,1-2H3;2H,4H2,1H3,(H,5,6)/q+1;/p-1. The number of aromatic nitrogens is 2. The molecular formula is C9H17N3O2. The lowest BCUT2D eigenvalue weighted by Crippen LogP contribution is -2.39. The molecule has 0 aliphatic rings. The molecule has 5 nitrogen and oxygen atoms in total. The molecule has 2 N–H and O–H groups in total. The Morgan fingerprint density at radius 2 is 2.21 bits per heavy atom. The van der Waals surface area contributed by atoms with Crippen LogP contribution in [0.5, 0.6) is 0 Å². The van der Waals surface area contributed by atoms with Crippen molar-refractivity contribution in [1.82, 2.24) is 4.57 Å². The lowest BCUT2D eigenvalue weighted by molar-refractivity contribution is -0.671. The summed E-state index contributed by atoms with van der Waals surface area (Å²) in [6, 6.07) is -0.843. The van der Waals surface area contributed by atoms with Crippen molar-refractivity contribution in [3.8, 4) is 0 Å². The second-order valence-corrected chi connectivity index (χ2v) is 3.02. The quantitative estimate of drug-likeness (QED) is 0.584.